The van der Waals surface area contributed by atoms with Gasteiger partial charge in [0.2, 0.25) is 0 Å². The third-order valence-corrected chi connectivity index (χ3v) is 3.32. The summed E-state index contributed by atoms with van der Waals surface area (Å²) in [5, 5.41) is -6.96. The molecule has 0 aliphatic heterocycles. The average Bonchev–Trinajstić information content (AvgIpc) is 2.49. The van der Waals surface area contributed by atoms with Crippen LogP contribution in [0, 0.1) is 0 Å². The molecular weight excluding hydrogens is 587 g/mol. The minimum atomic E-state index is -8.67. The number of halogens is 22. The highest BCUT2D eigenvalue weighted by Gasteiger charge is 2.91. The fourth-order valence-corrected chi connectivity index (χ4v) is 1.44. The molecule has 0 saturated carbocycles. The van der Waals surface area contributed by atoms with Crippen LogP contribution in [0.5, 0.6) is 0 Å². The van der Waals surface area contributed by atoms with Crippen molar-refractivity contribution in [3.63, 3.8) is 0 Å². The first kappa shape index (κ1) is 32.7. The van der Waals surface area contributed by atoms with Crippen molar-refractivity contribution in [3.05, 3.63) is 0 Å². The monoisotopic (exact) mass is 586 g/mol. The summed E-state index contributed by atoms with van der Waals surface area (Å²) in [4.78, 5) is 0. The molecule has 0 aromatic carbocycles. The summed E-state index contributed by atoms with van der Waals surface area (Å²) in [6, 6.07) is 0. The molecule has 0 rings (SSSR count). The Hall–Kier alpha value is -1.26. The van der Waals surface area contributed by atoms with Gasteiger partial charge in [-0.1, -0.05) is 0 Å². The van der Waals surface area contributed by atoms with E-state index in [-0.39, 0.29) is 0 Å². The molecule has 2 nitrogen and oxygen atoms in total. The van der Waals surface area contributed by atoms with E-state index in [9.17, 15) is 92.2 Å². The molecule has 0 aromatic rings. The maximum absolute atomic E-state index is 13.2. The molecule has 0 bridgehead atoms. The van der Waals surface area contributed by atoms with E-state index in [1.54, 1.807) is 0 Å². The molecule has 0 N–H and O–H groups in total. The molecule has 0 unspecified atom stereocenters. The second kappa shape index (κ2) is 8.13. The van der Waals surface area contributed by atoms with Crippen molar-refractivity contribution in [3.8, 4) is 0 Å². The SMILES string of the molecule is FC(F)(F)C(F)(F)OC(F)(F)C(F)(F)OC(F)(F)C(F)(F)C(F)(F)C(F)(F)C(F)(F)C(F)(F)Cl. The maximum atomic E-state index is 13.2. The zero-order valence-corrected chi connectivity index (χ0v) is 14.9. The highest BCUT2D eigenvalue weighted by atomic mass is 35.5. The largest absolute Gasteiger partial charge is 0.483 e. The van der Waals surface area contributed by atoms with Gasteiger partial charge in [-0.05, 0) is 11.6 Å². The van der Waals surface area contributed by atoms with Crippen LogP contribution in [0.4, 0.5) is 92.2 Å². The van der Waals surface area contributed by atoms with E-state index in [1.165, 1.54) is 0 Å². The van der Waals surface area contributed by atoms with Crippen LogP contribution >= 0.6 is 11.6 Å². The zero-order chi connectivity index (χ0) is 28.4. The lowest BCUT2D eigenvalue weighted by atomic mass is 9.97. The normalized spacial score (nSPS) is 16.8. The van der Waals surface area contributed by atoms with Gasteiger partial charge in [-0.25, -0.2) is 9.47 Å². The van der Waals surface area contributed by atoms with Gasteiger partial charge in [0.25, 0.3) is 0 Å². The van der Waals surface area contributed by atoms with Gasteiger partial charge in [-0.3, -0.25) is 0 Å². The molecule has 0 heterocycles. The Labute approximate surface area is 174 Å². The van der Waals surface area contributed by atoms with Gasteiger partial charge >= 0.3 is 59.7 Å². The fraction of sp³-hybridized carbons (Fsp3) is 1.00. The third-order valence-electron chi connectivity index (χ3n) is 3.09. The molecule has 0 fully saturated rings. The topological polar surface area (TPSA) is 18.5 Å². The predicted molar refractivity (Wildman–Crippen MR) is 58.6 cm³/mol. The summed E-state index contributed by atoms with van der Waals surface area (Å²) < 4.78 is 268. The lowest BCUT2D eigenvalue weighted by molar-refractivity contribution is -0.556. The molecule has 0 spiro atoms. The molecule has 0 aliphatic rings. The summed E-state index contributed by atoms with van der Waals surface area (Å²) in [7, 11) is 0. The Morgan fingerprint density at radius 1 is 0.324 bits per heavy atom. The van der Waals surface area contributed by atoms with Crippen LogP contribution < -0.4 is 0 Å². The van der Waals surface area contributed by atoms with Crippen molar-refractivity contribution in [1.29, 1.82) is 0 Å². The number of alkyl halides is 22. The first-order chi connectivity index (χ1) is 14.2. The molecule has 34 heavy (non-hydrogen) atoms. The Balaban J connectivity index is 6.42. The van der Waals surface area contributed by atoms with Crippen molar-refractivity contribution < 1.29 is 102 Å². The van der Waals surface area contributed by atoms with Crippen LogP contribution in [0.2, 0.25) is 0 Å². The molecule has 0 aromatic heterocycles. The number of rotatable bonds is 10. The third kappa shape index (κ3) is 5.00. The molecular formula is C10ClF21O2. The molecule has 206 valence electrons. The van der Waals surface area contributed by atoms with Gasteiger partial charge in [0.1, 0.15) is 0 Å². The maximum Gasteiger partial charge on any atom is 0.483 e. The van der Waals surface area contributed by atoms with Gasteiger partial charge in [-0.15, -0.1) is 0 Å². The smallest absolute Gasteiger partial charge is 0.243 e. The van der Waals surface area contributed by atoms with Crippen molar-refractivity contribution >= 4 is 11.6 Å². The molecule has 0 atom stereocenters. The van der Waals surface area contributed by atoms with Gasteiger partial charge in [0, 0.05) is 0 Å². The minimum absolute atomic E-state index is 1.02. The van der Waals surface area contributed by atoms with E-state index in [4.69, 9.17) is 0 Å². The van der Waals surface area contributed by atoms with Crippen molar-refractivity contribution in [2.75, 3.05) is 0 Å². The lowest BCUT2D eigenvalue weighted by Crippen LogP contribution is -2.71. The molecule has 0 saturated heterocycles. The second-order valence-electron chi connectivity index (χ2n) is 5.56. The number of hydrogen-bond acceptors (Lipinski definition) is 2. The fourth-order valence-electron chi connectivity index (χ4n) is 1.32. The van der Waals surface area contributed by atoms with Gasteiger partial charge in [0.05, 0.1) is 0 Å². The Morgan fingerprint density at radius 3 is 0.853 bits per heavy atom. The molecule has 24 heteroatoms. The number of ether oxygens (including phenoxy) is 2. The highest BCUT2D eigenvalue weighted by molar-refractivity contribution is 6.22. The van der Waals surface area contributed by atoms with Crippen molar-refractivity contribution in [1.82, 2.24) is 0 Å². The summed E-state index contributed by atoms with van der Waals surface area (Å²) in [5.41, 5.74) is 0. The van der Waals surface area contributed by atoms with E-state index in [1.807, 2.05) is 0 Å². The molecule has 0 radical (unpaired) electrons. The Kier molecular flexibility index (Phi) is 7.83. The number of hydrogen-bond donors (Lipinski definition) is 0. The minimum Gasteiger partial charge on any atom is -0.243 e. The lowest BCUT2D eigenvalue weighted by Gasteiger charge is -2.40. The first-order valence-electron chi connectivity index (χ1n) is 6.72. The average molecular weight is 587 g/mol. The second-order valence-corrected chi connectivity index (χ2v) is 6.04. The molecule has 0 amide bonds. The standard InChI is InChI=1S/C10ClF21O2/c11-5(20,21)3(16,17)1(12,13)2(14,15)4(18,19)7(25,26)33-9(29,30)10(31,32)34-8(27,28)6(22,23)24. The van der Waals surface area contributed by atoms with Crippen LogP contribution in [0.3, 0.4) is 0 Å². The van der Waals surface area contributed by atoms with E-state index in [0.717, 1.165) is 9.47 Å². The van der Waals surface area contributed by atoms with Crippen LogP contribution in [-0.4, -0.2) is 59.7 Å². The van der Waals surface area contributed by atoms with Gasteiger partial charge in [0.15, 0.2) is 0 Å². The summed E-state index contributed by atoms with van der Waals surface area (Å²) >= 11 is 3.29. The Bertz CT molecular complexity index is 733. The van der Waals surface area contributed by atoms with Crippen LogP contribution in [0.1, 0.15) is 0 Å². The quantitative estimate of drug-likeness (QED) is 0.197. The van der Waals surface area contributed by atoms with Crippen LogP contribution in [-0.2, 0) is 9.47 Å². The van der Waals surface area contributed by atoms with E-state index < -0.39 is 59.7 Å². The van der Waals surface area contributed by atoms with Gasteiger partial charge < -0.3 is 0 Å². The first-order valence-corrected chi connectivity index (χ1v) is 7.10. The summed E-state index contributed by atoms with van der Waals surface area (Å²) in [5.74, 6) is -33.7. The predicted octanol–water partition coefficient (Wildman–Crippen LogP) is 7.33. The van der Waals surface area contributed by atoms with Crippen LogP contribution in [0.25, 0.3) is 0 Å². The van der Waals surface area contributed by atoms with E-state index in [2.05, 4.69) is 11.6 Å². The van der Waals surface area contributed by atoms with Crippen molar-refractivity contribution in [2.24, 2.45) is 0 Å². The van der Waals surface area contributed by atoms with Crippen LogP contribution in [0.15, 0.2) is 0 Å². The van der Waals surface area contributed by atoms with E-state index in [0.29, 0.717) is 0 Å². The van der Waals surface area contributed by atoms with E-state index >= 15 is 0 Å². The summed E-state index contributed by atoms with van der Waals surface area (Å²) in [6.07, 6.45) is -38.9. The zero-order valence-electron chi connectivity index (χ0n) is 14.1. The summed E-state index contributed by atoms with van der Waals surface area (Å²) in [6.45, 7) is 0. The van der Waals surface area contributed by atoms with Gasteiger partial charge in [-0.2, -0.15) is 92.2 Å². The van der Waals surface area contributed by atoms with Crippen molar-refractivity contribution in [2.45, 2.75) is 59.7 Å². The Morgan fingerprint density at radius 2 is 0.588 bits per heavy atom. The molecule has 0 aliphatic carbocycles. The highest BCUT2D eigenvalue weighted by Crippen LogP contribution is 2.61.